The van der Waals surface area contributed by atoms with Gasteiger partial charge < -0.3 is 10.5 Å². The molecule has 4 heteroatoms. The van der Waals surface area contributed by atoms with Crippen molar-refractivity contribution < 1.29 is 9.13 Å². The molecule has 0 amide bonds. The van der Waals surface area contributed by atoms with Crippen LogP contribution in [0.3, 0.4) is 0 Å². The number of rotatable bonds is 3. The van der Waals surface area contributed by atoms with Gasteiger partial charge in [0.25, 0.3) is 0 Å². The number of nitrogens with zero attached hydrogens (tertiary/aromatic N) is 1. The third-order valence-electron chi connectivity index (χ3n) is 3.76. The molecule has 1 heterocycles. The van der Waals surface area contributed by atoms with Gasteiger partial charge in [-0.25, -0.2) is 4.39 Å². The normalized spacial score (nSPS) is 19.6. The van der Waals surface area contributed by atoms with Crippen LogP contribution in [0.5, 0.6) is 0 Å². The van der Waals surface area contributed by atoms with Gasteiger partial charge in [-0.1, -0.05) is 30.3 Å². The van der Waals surface area contributed by atoms with Crippen molar-refractivity contribution in [1.29, 1.82) is 0 Å². The van der Waals surface area contributed by atoms with Gasteiger partial charge in [0.1, 0.15) is 5.82 Å². The molecule has 0 spiro atoms. The third kappa shape index (κ3) is 3.40. The third-order valence-corrected chi connectivity index (χ3v) is 3.76. The molecule has 21 heavy (non-hydrogen) atoms. The van der Waals surface area contributed by atoms with E-state index in [1.54, 1.807) is 12.1 Å². The predicted molar refractivity (Wildman–Crippen MR) is 81.2 cm³/mol. The summed E-state index contributed by atoms with van der Waals surface area (Å²) in [7, 11) is 0. The van der Waals surface area contributed by atoms with Crippen molar-refractivity contribution in [2.45, 2.75) is 12.6 Å². The van der Waals surface area contributed by atoms with Gasteiger partial charge >= 0.3 is 0 Å². The average Bonchev–Trinajstić information content (AvgIpc) is 2.48. The first-order chi connectivity index (χ1) is 10.2. The summed E-state index contributed by atoms with van der Waals surface area (Å²) in [4.78, 5) is 2.27. The lowest BCUT2D eigenvalue weighted by molar-refractivity contribution is -0.0344. The van der Waals surface area contributed by atoms with Crippen LogP contribution >= 0.6 is 0 Å². The summed E-state index contributed by atoms with van der Waals surface area (Å²) in [5.41, 5.74) is 8.38. The number of halogens is 1. The van der Waals surface area contributed by atoms with Crippen molar-refractivity contribution in [3.05, 3.63) is 65.5 Å². The van der Waals surface area contributed by atoms with E-state index in [2.05, 4.69) is 11.0 Å². The van der Waals surface area contributed by atoms with E-state index in [9.17, 15) is 4.39 Å². The summed E-state index contributed by atoms with van der Waals surface area (Å²) in [6.45, 7) is 2.95. The fourth-order valence-corrected chi connectivity index (χ4v) is 2.72. The number of nitrogen functional groups attached to an aromatic ring is 1. The van der Waals surface area contributed by atoms with Crippen molar-refractivity contribution in [3.63, 3.8) is 0 Å². The van der Waals surface area contributed by atoms with Crippen molar-refractivity contribution >= 4 is 5.69 Å². The van der Waals surface area contributed by atoms with E-state index in [1.807, 2.05) is 24.3 Å². The monoisotopic (exact) mass is 286 g/mol. The maximum atomic E-state index is 13.9. The van der Waals surface area contributed by atoms with E-state index in [-0.39, 0.29) is 11.9 Å². The second-order valence-corrected chi connectivity index (χ2v) is 5.36. The molecule has 2 aromatic rings. The maximum Gasteiger partial charge on any atom is 0.129 e. The first kappa shape index (κ1) is 14.0. The molecular weight excluding hydrogens is 267 g/mol. The van der Waals surface area contributed by atoms with E-state index in [4.69, 9.17) is 10.5 Å². The van der Waals surface area contributed by atoms with Gasteiger partial charge in [-0.2, -0.15) is 0 Å². The van der Waals surface area contributed by atoms with Gasteiger partial charge in [0.15, 0.2) is 0 Å². The Morgan fingerprint density at radius 2 is 2.05 bits per heavy atom. The van der Waals surface area contributed by atoms with E-state index in [0.717, 1.165) is 18.8 Å². The topological polar surface area (TPSA) is 38.5 Å². The zero-order valence-corrected chi connectivity index (χ0v) is 11.8. The molecule has 1 unspecified atom stereocenters. The quantitative estimate of drug-likeness (QED) is 0.882. The van der Waals surface area contributed by atoms with Crippen molar-refractivity contribution in [2.24, 2.45) is 0 Å². The van der Waals surface area contributed by atoms with E-state index in [0.29, 0.717) is 18.7 Å². The molecule has 0 radical (unpaired) electrons. The second-order valence-electron chi connectivity index (χ2n) is 5.36. The van der Waals surface area contributed by atoms with Gasteiger partial charge in [0, 0.05) is 30.9 Å². The number of ether oxygens (including phenoxy) is 1. The Kier molecular flexibility index (Phi) is 4.18. The van der Waals surface area contributed by atoms with Crippen molar-refractivity contribution in [2.75, 3.05) is 25.4 Å². The summed E-state index contributed by atoms with van der Waals surface area (Å²) in [5.74, 6) is -0.201. The molecule has 1 aliphatic heterocycles. The minimum atomic E-state index is -0.207. The molecule has 1 saturated heterocycles. The Balaban J connectivity index is 1.70. The van der Waals surface area contributed by atoms with Gasteiger partial charge in [0.05, 0.1) is 12.7 Å². The van der Waals surface area contributed by atoms with Crippen LogP contribution < -0.4 is 5.73 Å². The van der Waals surface area contributed by atoms with E-state index < -0.39 is 0 Å². The Morgan fingerprint density at radius 1 is 1.19 bits per heavy atom. The minimum absolute atomic E-state index is 0.201. The summed E-state index contributed by atoms with van der Waals surface area (Å²) < 4.78 is 19.6. The average molecular weight is 286 g/mol. The van der Waals surface area contributed by atoms with Gasteiger partial charge in [-0.3, -0.25) is 4.90 Å². The SMILES string of the molecule is Nc1cccc(CN2CCOC(c3ccccc3F)C2)c1. The minimum Gasteiger partial charge on any atom is -0.399 e. The molecule has 1 aliphatic rings. The molecule has 0 saturated carbocycles. The smallest absolute Gasteiger partial charge is 0.129 e. The lowest BCUT2D eigenvalue weighted by Crippen LogP contribution is -2.38. The summed E-state index contributed by atoms with van der Waals surface area (Å²) >= 11 is 0. The molecule has 3 nitrogen and oxygen atoms in total. The largest absolute Gasteiger partial charge is 0.399 e. The highest BCUT2D eigenvalue weighted by Gasteiger charge is 2.24. The molecule has 1 atom stereocenters. The summed E-state index contributed by atoms with van der Waals surface area (Å²) in [6, 6.07) is 14.7. The second kappa shape index (κ2) is 6.24. The fourth-order valence-electron chi connectivity index (χ4n) is 2.72. The van der Waals surface area contributed by atoms with Gasteiger partial charge in [-0.05, 0) is 23.8 Å². The lowest BCUT2D eigenvalue weighted by atomic mass is 10.1. The number of nitrogens with two attached hydrogens (primary N) is 1. The molecule has 0 aliphatic carbocycles. The van der Waals surface area contributed by atoms with Crippen LogP contribution in [-0.4, -0.2) is 24.6 Å². The number of benzene rings is 2. The van der Waals surface area contributed by atoms with Crippen LogP contribution in [0.25, 0.3) is 0 Å². The van der Waals surface area contributed by atoms with E-state index in [1.165, 1.54) is 11.6 Å². The van der Waals surface area contributed by atoms with Crippen LogP contribution in [0, 0.1) is 5.82 Å². The van der Waals surface area contributed by atoms with Gasteiger partial charge in [-0.15, -0.1) is 0 Å². The molecular formula is C17H19FN2O. The fraction of sp³-hybridized carbons (Fsp3) is 0.294. The molecule has 0 aromatic heterocycles. The van der Waals surface area contributed by atoms with Crippen LogP contribution in [0.4, 0.5) is 10.1 Å². The zero-order chi connectivity index (χ0) is 14.7. The van der Waals surface area contributed by atoms with Gasteiger partial charge in [0.2, 0.25) is 0 Å². The first-order valence-electron chi connectivity index (χ1n) is 7.15. The number of morpholine rings is 1. The highest BCUT2D eigenvalue weighted by Crippen LogP contribution is 2.25. The van der Waals surface area contributed by atoms with Crippen LogP contribution in [0.1, 0.15) is 17.2 Å². The molecule has 3 rings (SSSR count). The standard InChI is InChI=1S/C17H19FN2O/c18-16-7-2-1-6-15(16)17-12-20(8-9-21-17)11-13-4-3-5-14(19)10-13/h1-7,10,17H,8-9,11-12,19H2. The number of anilines is 1. The molecule has 2 aromatic carbocycles. The van der Waals surface area contributed by atoms with Crippen LogP contribution in [-0.2, 0) is 11.3 Å². The zero-order valence-electron chi connectivity index (χ0n) is 11.8. The van der Waals surface area contributed by atoms with Crippen molar-refractivity contribution in [3.8, 4) is 0 Å². The molecule has 2 N–H and O–H groups in total. The predicted octanol–water partition coefficient (Wildman–Crippen LogP) is 2.98. The first-order valence-corrected chi connectivity index (χ1v) is 7.15. The lowest BCUT2D eigenvalue weighted by Gasteiger charge is -2.33. The van der Waals surface area contributed by atoms with Crippen LogP contribution in [0.15, 0.2) is 48.5 Å². The number of hydrogen-bond donors (Lipinski definition) is 1. The maximum absolute atomic E-state index is 13.9. The Labute approximate surface area is 124 Å². The molecule has 1 fully saturated rings. The summed E-state index contributed by atoms with van der Waals surface area (Å²) in [6.07, 6.45) is -0.207. The van der Waals surface area contributed by atoms with E-state index >= 15 is 0 Å². The molecule has 0 bridgehead atoms. The van der Waals surface area contributed by atoms with Crippen molar-refractivity contribution in [1.82, 2.24) is 4.90 Å². The summed E-state index contributed by atoms with van der Waals surface area (Å²) in [5, 5.41) is 0. The molecule has 110 valence electrons. The Bertz CT molecular complexity index is 617. The highest BCUT2D eigenvalue weighted by molar-refractivity contribution is 5.40. The Morgan fingerprint density at radius 3 is 2.86 bits per heavy atom. The van der Waals surface area contributed by atoms with Crippen LogP contribution in [0.2, 0.25) is 0 Å². The Hall–Kier alpha value is -1.91. The highest BCUT2D eigenvalue weighted by atomic mass is 19.1. The number of hydrogen-bond acceptors (Lipinski definition) is 3.